The van der Waals surface area contributed by atoms with Crippen LogP contribution in [0.5, 0.6) is 0 Å². The summed E-state index contributed by atoms with van der Waals surface area (Å²) in [5.74, 6) is -0.164. The van der Waals surface area contributed by atoms with Gasteiger partial charge in [0.25, 0.3) is 0 Å². The molecule has 9 nitrogen and oxygen atoms in total. The van der Waals surface area contributed by atoms with Crippen molar-refractivity contribution in [1.82, 2.24) is 5.32 Å². The molecule has 0 aliphatic carbocycles. The van der Waals surface area contributed by atoms with Crippen molar-refractivity contribution in [3.63, 3.8) is 0 Å². The number of allylic oxidation sites excluding steroid dienone is 4. The minimum Gasteiger partial charge on any atom is -0.394 e. The van der Waals surface area contributed by atoms with Gasteiger partial charge in [-0.1, -0.05) is 134 Å². The predicted octanol–water partition coefficient (Wildman–Crippen LogP) is 7.94. The van der Waals surface area contributed by atoms with E-state index in [1.807, 2.05) is 0 Å². The van der Waals surface area contributed by atoms with Gasteiger partial charge in [-0.2, -0.15) is 0 Å². The Morgan fingerprint density at radius 2 is 1.10 bits per heavy atom. The van der Waals surface area contributed by atoms with Crippen LogP contribution in [0.3, 0.4) is 0 Å². The van der Waals surface area contributed by atoms with Crippen LogP contribution in [-0.4, -0.2) is 87.5 Å². The molecule has 1 saturated heterocycles. The normalized spacial score (nSPS) is 22.2. The van der Waals surface area contributed by atoms with Crippen molar-refractivity contribution >= 4 is 5.91 Å². The van der Waals surface area contributed by atoms with Crippen molar-refractivity contribution in [1.29, 1.82) is 0 Å². The third-order valence-electron chi connectivity index (χ3n) is 10.0. The summed E-state index contributed by atoms with van der Waals surface area (Å²) in [6, 6.07) is -0.735. The van der Waals surface area contributed by atoms with E-state index in [9.17, 15) is 30.3 Å². The Hall–Kier alpha value is -1.33. The first-order chi connectivity index (χ1) is 24.8. The quantitative estimate of drug-likeness (QED) is 0.0289. The number of unbranched alkanes of at least 4 members (excludes halogenated alkanes) is 20. The van der Waals surface area contributed by atoms with Crippen LogP contribution in [0, 0.1) is 0 Å². The summed E-state index contributed by atoms with van der Waals surface area (Å²) in [7, 11) is 0. The van der Waals surface area contributed by atoms with Gasteiger partial charge in [-0.15, -0.1) is 0 Å². The van der Waals surface area contributed by atoms with Gasteiger partial charge >= 0.3 is 0 Å². The van der Waals surface area contributed by atoms with E-state index in [1.54, 1.807) is 0 Å². The lowest BCUT2D eigenvalue weighted by molar-refractivity contribution is -0.302. The van der Waals surface area contributed by atoms with Crippen LogP contribution >= 0.6 is 0 Å². The van der Waals surface area contributed by atoms with Gasteiger partial charge in [0.2, 0.25) is 5.91 Å². The Morgan fingerprint density at radius 3 is 1.59 bits per heavy atom. The maximum atomic E-state index is 12.9. The van der Waals surface area contributed by atoms with E-state index in [0.717, 1.165) is 64.2 Å². The van der Waals surface area contributed by atoms with Crippen molar-refractivity contribution in [3.8, 4) is 0 Å². The molecule has 9 heteroatoms. The van der Waals surface area contributed by atoms with Gasteiger partial charge in [0, 0.05) is 6.42 Å². The largest absolute Gasteiger partial charge is 0.394 e. The van der Waals surface area contributed by atoms with Gasteiger partial charge in [-0.3, -0.25) is 4.79 Å². The number of rotatable bonds is 34. The minimum atomic E-state index is -1.56. The van der Waals surface area contributed by atoms with Gasteiger partial charge in [0.15, 0.2) is 6.29 Å². The standard InChI is InChI=1S/C42H79NO8/c1-3-5-7-9-11-13-15-17-18-20-22-24-26-28-30-32-38(46)43-35(34-50-42-41(49)40(48)39(47)37(33-44)51-42)36(45)31-29-27-25-23-21-19-16-14-12-10-8-6-4-2/h17-18,21,23,35-37,39-42,44-45,47-49H,3-16,19-20,22,24-34H2,1-2H3,(H,43,46)/b18-17+,23-21+/t35-,36+,37-,39-,40?,41?,42-/m0/s1. The molecule has 0 bridgehead atoms. The zero-order chi connectivity index (χ0) is 37.4. The van der Waals surface area contributed by atoms with E-state index >= 15 is 0 Å². The smallest absolute Gasteiger partial charge is 0.220 e. The highest BCUT2D eigenvalue weighted by atomic mass is 16.7. The number of aliphatic hydroxyl groups excluding tert-OH is 5. The molecular formula is C42H79NO8. The SMILES string of the molecule is CCCCCCCC/C=C/CCCCCCCC(=O)N[C@@H](CO[C@H]1O[C@@H](CO)[C@H](O)C(O)C1O)[C@H](O)CCCC/C=C/CCCCCCCCC. The summed E-state index contributed by atoms with van der Waals surface area (Å²) in [5.41, 5.74) is 0. The first-order valence-corrected chi connectivity index (χ1v) is 21.0. The average Bonchev–Trinajstić information content (AvgIpc) is 3.13. The van der Waals surface area contributed by atoms with E-state index in [-0.39, 0.29) is 12.5 Å². The fourth-order valence-corrected chi connectivity index (χ4v) is 6.56. The third kappa shape index (κ3) is 24.6. The van der Waals surface area contributed by atoms with Crippen LogP contribution in [-0.2, 0) is 14.3 Å². The van der Waals surface area contributed by atoms with Crippen LogP contribution in [0.25, 0.3) is 0 Å². The number of hydrogen-bond acceptors (Lipinski definition) is 8. The summed E-state index contributed by atoms with van der Waals surface area (Å²) in [6.45, 7) is 3.78. The number of amides is 1. The maximum absolute atomic E-state index is 12.9. The van der Waals surface area contributed by atoms with Gasteiger partial charge in [0.05, 0.1) is 25.4 Å². The van der Waals surface area contributed by atoms with Gasteiger partial charge < -0.3 is 40.3 Å². The highest BCUT2D eigenvalue weighted by Gasteiger charge is 2.44. The molecule has 300 valence electrons. The molecule has 1 fully saturated rings. The Labute approximate surface area is 311 Å². The molecule has 7 atom stereocenters. The maximum Gasteiger partial charge on any atom is 0.220 e. The van der Waals surface area contributed by atoms with E-state index in [2.05, 4.69) is 43.5 Å². The van der Waals surface area contributed by atoms with Crippen LogP contribution in [0.1, 0.15) is 181 Å². The lowest BCUT2D eigenvalue weighted by Crippen LogP contribution is -2.60. The molecule has 1 heterocycles. The minimum absolute atomic E-state index is 0.152. The molecule has 51 heavy (non-hydrogen) atoms. The molecule has 6 N–H and O–H groups in total. The Kier molecular flexibility index (Phi) is 31.1. The molecule has 0 radical (unpaired) electrons. The monoisotopic (exact) mass is 726 g/mol. The number of aliphatic hydroxyl groups is 5. The van der Waals surface area contributed by atoms with Crippen LogP contribution in [0.2, 0.25) is 0 Å². The lowest BCUT2D eigenvalue weighted by atomic mass is 9.99. The average molecular weight is 726 g/mol. The predicted molar refractivity (Wildman–Crippen MR) is 207 cm³/mol. The highest BCUT2D eigenvalue weighted by molar-refractivity contribution is 5.76. The molecule has 1 amide bonds. The van der Waals surface area contributed by atoms with E-state index in [0.29, 0.717) is 12.8 Å². The van der Waals surface area contributed by atoms with Crippen LogP contribution in [0.4, 0.5) is 0 Å². The first-order valence-electron chi connectivity index (χ1n) is 21.0. The molecule has 0 spiro atoms. The van der Waals surface area contributed by atoms with E-state index < -0.39 is 49.5 Å². The second kappa shape index (κ2) is 33.3. The van der Waals surface area contributed by atoms with Crippen LogP contribution in [0.15, 0.2) is 24.3 Å². The molecule has 1 rings (SSSR count). The second-order valence-electron chi connectivity index (χ2n) is 14.8. The number of hydrogen-bond donors (Lipinski definition) is 6. The Bertz CT molecular complexity index is 853. The van der Waals surface area contributed by atoms with Crippen molar-refractivity contribution < 1.29 is 39.8 Å². The molecule has 0 aromatic rings. The van der Waals surface area contributed by atoms with E-state index in [1.165, 1.54) is 89.9 Å². The zero-order valence-corrected chi connectivity index (χ0v) is 32.6. The third-order valence-corrected chi connectivity index (χ3v) is 10.0. The Morgan fingerprint density at radius 1 is 0.647 bits per heavy atom. The summed E-state index contributed by atoms with van der Waals surface area (Å²) in [6.07, 6.45) is 30.4. The zero-order valence-electron chi connectivity index (χ0n) is 32.6. The number of carbonyl (C=O) groups excluding carboxylic acids is 1. The molecule has 0 aromatic carbocycles. The molecule has 0 aromatic heterocycles. The topological polar surface area (TPSA) is 149 Å². The number of ether oxygens (including phenoxy) is 2. The van der Waals surface area contributed by atoms with Crippen molar-refractivity contribution in [2.24, 2.45) is 0 Å². The van der Waals surface area contributed by atoms with Crippen LogP contribution < -0.4 is 5.32 Å². The summed E-state index contributed by atoms with van der Waals surface area (Å²) in [5, 5.41) is 54.1. The van der Waals surface area contributed by atoms with Crippen molar-refractivity contribution in [3.05, 3.63) is 24.3 Å². The summed E-state index contributed by atoms with van der Waals surface area (Å²) < 4.78 is 11.2. The molecule has 0 saturated carbocycles. The fourth-order valence-electron chi connectivity index (χ4n) is 6.56. The van der Waals surface area contributed by atoms with E-state index in [4.69, 9.17) is 9.47 Å². The first kappa shape index (κ1) is 47.7. The highest BCUT2D eigenvalue weighted by Crippen LogP contribution is 2.23. The Balaban J connectivity index is 2.41. The number of nitrogens with one attached hydrogen (secondary N) is 1. The number of carbonyl (C=O) groups is 1. The second-order valence-corrected chi connectivity index (χ2v) is 14.8. The molecule has 1 aliphatic heterocycles. The van der Waals surface area contributed by atoms with Crippen molar-refractivity contribution in [2.75, 3.05) is 13.2 Å². The fraction of sp³-hybridized carbons (Fsp3) is 0.881. The molecular weight excluding hydrogens is 646 g/mol. The molecule has 2 unspecified atom stereocenters. The van der Waals surface area contributed by atoms with Gasteiger partial charge in [-0.25, -0.2) is 0 Å². The van der Waals surface area contributed by atoms with Gasteiger partial charge in [0.1, 0.15) is 24.4 Å². The molecule has 1 aliphatic rings. The summed E-state index contributed by atoms with van der Waals surface area (Å²) >= 11 is 0. The van der Waals surface area contributed by atoms with Crippen molar-refractivity contribution in [2.45, 2.75) is 224 Å². The lowest BCUT2D eigenvalue weighted by Gasteiger charge is -2.40. The summed E-state index contributed by atoms with van der Waals surface area (Å²) in [4.78, 5) is 12.9. The van der Waals surface area contributed by atoms with Gasteiger partial charge in [-0.05, 0) is 64.2 Å².